The number of carbonyl (C=O) groups excluding carboxylic acids is 1. The molecule has 9 heteroatoms. The molecule has 1 atom stereocenters. The first-order chi connectivity index (χ1) is 11.0. The molecule has 1 heterocycles. The zero-order valence-electron chi connectivity index (χ0n) is 12.3. The van der Waals surface area contributed by atoms with Crippen molar-refractivity contribution in [2.75, 3.05) is 5.32 Å². The van der Waals surface area contributed by atoms with E-state index in [2.05, 4.69) is 0 Å². The number of carbonyl (C=O) groups is 1. The SMILES string of the molecule is Cc1ccc(C(O)(CC(=O)Nc2ccc(O)cc2F)C(F)(F)F)o1. The molecule has 0 saturated carbocycles. The van der Waals surface area contributed by atoms with Crippen LogP contribution < -0.4 is 5.32 Å². The van der Waals surface area contributed by atoms with Gasteiger partial charge >= 0.3 is 6.18 Å². The van der Waals surface area contributed by atoms with Gasteiger partial charge in [0.2, 0.25) is 11.5 Å². The van der Waals surface area contributed by atoms with Crippen molar-refractivity contribution < 1.29 is 37.0 Å². The van der Waals surface area contributed by atoms with Crippen molar-refractivity contribution in [1.29, 1.82) is 0 Å². The maximum atomic E-state index is 13.5. The number of nitrogens with one attached hydrogen (secondary N) is 1. The third-order valence-corrected chi connectivity index (χ3v) is 3.26. The fourth-order valence-corrected chi connectivity index (χ4v) is 2.02. The Hall–Kier alpha value is -2.55. The molecular weight excluding hydrogens is 334 g/mol. The van der Waals surface area contributed by atoms with Crippen LogP contribution in [0.3, 0.4) is 0 Å². The van der Waals surface area contributed by atoms with Crippen molar-refractivity contribution >= 4 is 11.6 Å². The summed E-state index contributed by atoms with van der Waals surface area (Å²) < 4.78 is 58.0. The average molecular weight is 347 g/mol. The fraction of sp³-hybridized carbons (Fsp3) is 0.267. The number of anilines is 1. The van der Waals surface area contributed by atoms with Crippen molar-refractivity contribution in [3.05, 3.63) is 47.7 Å². The van der Waals surface area contributed by atoms with E-state index in [0.29, 0.717) is 6.07 Å². The van der Waals surface area contributed by atoms with Gasteiger partial charge in [-0.15, -0.1) is 0 Å². The lowest BCUT2D eigenvalue weighted by atomic mass is 9.95. The smallest absolute Gasteiger partial charge is 0.425 e. The Balaban J connectivity index is 2.25. The largest absolute Gasteiger partial charge is 0.508 e. The number of alkyl halides is 3. The van der Waals surface area contributed by atoms with Gasteiger partial charge in [0.1, 0.15) is 23.1 Å². The van der Waals surface area contributed by atoms with E-state index in [-0.39, 0.29) is 5.76 Å². The standard InChI is InChI=1S/C15H13F4NO4/c1-8-2-5-12(24-8)14(23,15(17,18)19)7-13(22)20-11-4-3-9(21)6-10(11)16/h2-6,21,23H,7H2,1H3,(H,20,22). The van der Waals surface area contributed by atoms with Gasteiger partial charge in [-0.05, 0) is 31.2 Å². The molecule has 0 radical (unpaired) electrons. The van der Waals surface area contributed by atoms with Gasteiger partial charge in [0.05, 0.1) is 12.1 Å². The Morgan fingerprint density at radius 2 is 1.92 bits per heavy atom. The maximum Gasteiger partial charge on any atom is 0.425 e. The minimum Gasteiger partial charge on any atom is -0.508 e. The highest BCUT2D eigenvalue weighted by molar-refractivity contribution is 5.91. The number of furan rings is 1. The molecule has 2 rings (SSSR count). The third kappa shape index (κ3) is 3.51. The summed E-state index contributed by atoms with van der Waals surface area (Å²) in [6.07, 6.45) is -6.62. The van der Waals surface area contributed by atoms with Gasteiger partial charge in [0.15, 0.2) is 0 Å². The van der Waals surface area contributed by atoms with E-state index < -0.39 is 47.1 Å². The van der Waals surface area contributed by atoms with Crippen molar-refractivity contribution in [2.45, 2.75) is 25.1 Å². The molecule has 24 heavy (non-hydrogen) atoms. The second kappa shape index (κ2) is 6.16. The van der Waals surface area contributed by atoms with E-state index in [1.807, 2.05) is 5.32 Å². The molecule has 0 spiro atoms. The number of aliphatic hydroxyl groups is 1. The summed E-state index contributed by atoms with van der Waals surface area (Å²) >= 11 is 0. The van der Waals surface area contributed by atoms with Gasteiger partial charge in [0.25, 0.3) is 0 Å². The van der Waals surface area contributed by atoms with Crippen LogP contribution >= 0.6 is 0 Å². The third-order valence-electron chi connectivity index (χ3n) is 3.26. The Morgan fingerprint density at radius 1 is 1.25 bits per heavy atom. The van der Waals surface area contributed by atoms with Gasteiger partial charge < -0.3 is 19.9 Å². The molecule has 130 valence electrons. The summed E-state index contributed by atoms with van der Waals surface area (Å²) in [5.74, 6) is -3.45. The van der Waals surface area contributed by atoms with E-state index in [4.69, 9.17) is 9.52 Å². The summed E-state index contributed by atoms with van der Waals surface area (Å²) in [5, 5.41) is 21.0. The Labute approximate surface area is 133 Å². The number of aromatic hydroxyl groups is 1. The van der Waals surface area contributed by atoms with Gasteiger partial charge in [0, 0.05) is 6.07 Å². The predicted octanol–water partition coefficient (Wildman–Crippen LogP) is 3.21. The van der Waals surface area contributed by atoms with Crippen LogP contribution in [0.4, 0.5) is 23.2 Å². The normalized spacial score (nSPS) is 14.2. The number of halogens is 4. The Bertz CT molecular complexity index is 756. The molecule has 1 amide bonds. The van der Waals surface area contributed by atoms with E-state index in [9.17, 15) is 27.5 Å². The number of aryl methyl sites for hydroxylation is 1. The lowest BCUT2D eigenvalue weighted by Gasteiger charge is -2.28. The van der Waals surface area contributed by atoms with Crippen molar-refractivity contribution in [2.24, 2.45) is 0 Å². The van der Waals surface area contributed by atoms with Crippen LogP contribution in [0.25, 0.3) is 0 Å². The van der Waals surface area contributed by atoms with E-state index in [0.717, 1.165) is 18.2 Å². The summed E-state index contributed by atoms with van der Waals surface area (Å²) in [5.41, 5.74) is -3.99. The zero-order valence-corrected chi connectivity index (χ0v) is 12.3. The first-order valence-corrected chi connectivity index (χ1v) is 6.67. The molecule has 0 aliphatic carbocycles. The molecule has 1 aromatic carbocycles. The lowest BCUT2D eigenvalue weighted by Crippen LogP contribution is -2.44. The number of hydrogen-bond donors (Lipinski definition) is 3. The molecule has 0 aliphatic heterocycles. The van der Waals surface area contributed by atoms with Crippen LogP contribution in [-0.2, 0) is 10.4 Å². The first-order valence-electron chi connectivity index (χ1n) is 6.67. The fourth-order valence-electron chi connectivity index (χ4n) is 2.02. The molecule has 3 N–H and O–H groups in total. The van der Waals surface area contributed by atoms with Crippen LogP contribution in [0.15, 0.2) is 34.7 Å². The number of benzene rings is 1. The minimum atomic E-state index is -5.19. The van der Waals surface area contributed by atoms with Gasteiger partial charge in [-0.3, -0.25) is 4.79 Å². The molecule has 1 unspecified atom stereocenters. The maximum absolute atomic E-state index is 13.5. The van der Waals surface area contributed by atoms with Crippen molar-refractivity contribution in [3.8, 4) is 5.75 Å². The number of amides is 1. The average Bonchev–Trinajstić information content (AvgIpc) is 2.87. The zero-order chi connectivity index (χ0) is 18.1. The van der Waals surface area contributed by atoms with Crippen LogP contribution in [0.2, 0.25) is 0 Å². The van der Waals surface area contributed by atoms with Crippen LogP contribution in [-0.4, -0.2) is 22.3 Å². The van der Waals surface area contributed by atoms with E-state index in [1.54, 1.807) is 0 Å². The highest BCUT2D eigenvalue weighted by Gasteiger charge is 2.58. The second-order valence-corrected chi connectivity index (χ2v) is 5.16. The second-order valence-electron chi connectivity index (χ2n) is 5.16. The van der Waals surface area contributed by atoms with Crippen molar-refractivity contribution in [1.82, 2.24) is 0 Å². The quantitative estimate of drug-likeness (QED) is 0.586. The molecule has 0 fully saturated rings. The summed E-state index contributed by atoms with van der Waals surface area (Å²) in [7, 11) is 0. The van der Waals surface area contributed by atoms with Crippen molar-refractivity contribution in [3.63, 3.8) is 0 Å². The molecule has 0 aliphatic rings. The molecule has 0 saturated heterocycles. The summed E-state index contributed by atoms with van der Waals surface area (Å²) in [6.45, 7) is 1.38. The van der Waals surface area contributed by atoms with Crippen LogP contribution in [0.1, 0.15) is 17.9 Å². The number of phenolic OH excluding ortho intramolecular Hbond substituents is 1. The molecular formula is C15H13F4NO4. The topological polar surface area (TPSA) is 82.7 Å². The molecule has 2 aromatic rings. The van der Waals surface area contributed by atoms with Crippen LogP contribution in [0.5, 0.6) is 5.75 Å². The van der Waals surface area contributed by atoms with E-state index in [1.165, 1.54) is 13.0 Å². The summed E-state index contributed by atoms with van der Waals surface area (Å²) in [4.78, 5) is 11.9. The Morgan fingerprint density at radius 3 is 2.42 bits per heavy atom. The number of rotatable bonds is 4. The monoisotopic (exact) mass is 347 g/mol. The minimum absolute atomic E-state index is 0.123. The highest BCUT2D eigenvalue weighted by atomic mass is 19.4. The summed E-state index contributed by atoms with van der Waals surface area (Å²) in [6, 6.07) is 4.83. The Kier molecular flexibility index (Phi) is 4.57. The number of phenols is 1. The van der Waals surface area contributed by atoms with Gasteiger partial charge in [-0.1, -0.05) is 0 Å². The number of hydrogen-bond acceptors (Lipinski definition) is 4. The predicted molar refractivity (Wildman–Crippen MR) is 74.7 cm³/mol. The van der Waals surface area contributed by atoms with Crippen LogP contribution in [0, 0.1) is 12.7 Å². The molecule has 5 nitrogen and oxygen atoms in total. The molecule has 0 bridgehead atoms. The van der Waals surface area contributed by atoms with E-state index >= 15 is 0 Å². The van der Waals surface area contributed by atoms with Gasteiger partial charge in [-0.25, -0.2) is 4.39 Å². The highest BCUT2D eigenvalue weighted by Crippen LogP contribution is 2.42. The first kappa shape index (κ1) is 17.8. The molecule has 1 aromatic heterocycles. The van der Waals surface area contributed by atoms with Gasteiger partial charge in [-0.2, -0.15) is 13.2 Å². The lowest BCUT2D eigenvalue weighted by molar-refractivity contribution is -0.272.